The second-order valence-electron chi connectivity index (χ2n) is 13.4. The van der Waals surface area contributed by atoms with E-state index in [-0.39, 0.29) is 69.3 Å². The summed E-state index contributed by atoms with van der Waals surface area (Å²) in [4.78, 5) is 99.0. The number of nitrogens with two attached hydrogens (primary N) is 7. The Balaban J connectivity index is 3.43. The number of amides is 7. The highest BCUT2D eigenvalue weighted by atomic mass is 16.3. The maximum atomic E-state index is 13.8. The predicted molar refractivity (Wildman–Crippen MR) is 210 cm³/mol. The fraction of sp³-hybridized carbons (Fsp3) is 0.559. The molecule has 0 heterocycles. The lowest BCUT2D eigenvalue weighted by molar-refractivity contribution is -0.136. The summed E-state index contributed by atoms with van der Waals surface area (Å²) in [7, 11) is 0. The summed E-state index contributed by atoms with van der Waals surface area (Å²) in [5.41, 5.74) is 38.7. The lowest BCUT2D eigenvalue weighted by atomic mass is 10.0. The molecule has 24 heteroatoms. The first kappa shape index (κ1) is 49.7. The van der Waals surface area contributed by atoms with Gasteiger partial charge in [-0.2, -0.15) is 0 Å². The van der Waals surface area contributed by atoms with Gasteiger partial charge in [0.05, 0.1) is 12.2 Å². The number of primary amides is 2. The Bertz CT molecular complexity index is 1620. The number of aromatic hydroxyl groups is 1. The van der Waals surface area contributed by atoms with Gasteiger partial charge in [-0.05, 0) is 63.6 Å². The normalized spacial score (nSPS) is 15.0. The summed E-state index contributed by atoms with van der Waals surface area (Å²) in [6.07, 6.45) is -3.71. The van der Waals surface area contributed by atoms with E-state index in [2.05, 4.69) is 36.6 Å². The first-order valence-electron chi connectivity index (χ1n) is 18.2. The fourth-order valence-corrected chi connectivity index (χ4v) is 5.14. The number of aliphatic imine (C=N–C) groups is 2. The van der Waals surface area contributed by atoms with Crippen molar-refractivity contribution in [3.63, 3.8) is 0 Å². The second-order valence-corrected chi connectivity index (χ2v) is 13.4. The van der Waals surface area contributed by atoms with Gasteiger partial charge in [0.2, 0.25) is 41.4 Å². The van der Waals surface area contributed by atoms with Gasteiger partial charge in [-0.1, -0.05) is 12.1 Å². The van der Waals surface area contributed by atoms with Crippen molar-refractivity contribution in [2.24, 2.45) is 50.1 Å². The molecular weight excluding hydrogens is 764 g/mol. The Morgan fingerprint density at radius 1 is 0.603 bits per heavy atom. The number of benzene rings is 1. The molecule has 324 valence electrons. The van der Waals surface area contributed by atoms with Crippen LogP contribution < -0.4 is 66.7 Å². The number of nitrogens with zero attached hydrogens (tertiary/aromatic N) is 2. The molecular formula is C34H58N14O10. The van der Waals surface area contributed by atoms with Crippen LogP contribution in [0.3, 0.4) is 0 Å². The van der Waals surface area contributed by atoms with Gasteiger partial charge in [0.1, 0.15) is 42.0 Å². The predicted octanol–water partition coefficient (Wildman–Crippen LogP) is -6.69. The minimum atomic E-state index is -1.66. The van der Waals surface area contributed by atoms with Gasteiger partial charge in [0, 0.05) is 25.9 Å². The monoisotopic (exact) mass is 822 g/mol. The quantitative estimate of drug-likeness (QED) is 0.0235. The summed E-state index contributed by atoms with van der Waals surface area (Å²) in [6, 6.07) is -3.00. The second kappa shape index (κ2) is 25.1. The summed E-state index contributed by atoms with van der Waals surface area (Å²) < 4.78 is 0. The number of aliphatic hydroxyl groups is 2. The first-order chi connectivity index (χ1) is 27.1. The third kappa shape index (κ3) is 19.1. The van der Waals surface area contributed by atoms with E-state index in [1.807, 2.05) is 0 Å². The van der Waals surface area contributed by atoms with Crippen molar-refractivity contribution in [1.82, 2.24) is 26.6 Å². The Labute approximate surface area is 334 Å². The summed E-state index contributed by atoms with van der Waals surface area (Å²) >= 11 is 0. The number of hydrogen-bond donors (Lipinski definition) is 15. The van der Waals surface area contributed by atoms with E-state index in [4.69, 9.17) is 40.1 Å². The van der Waals surface area contributed by atoms with Crippen LogP contribution >= 0.6 is 0 Å². The third-order valence-corrected chi connectivity index (χ3v) is 8.39. The van der Waals surface area contributed by atoms with E-state index in [1.54, 1.807) is 0 Å². The van der Waals surface area contributed by atoms with E-state index in [0.29, 0.717) is 5.56 Å². The zero-order valence-electron chi connectivity index (χ0n) is 32.4. The zero-order valence-corrected chi connectivity index (χ0v) is 32.4. The highest BCUT2D eigenvalue weighted by Crippen LogP contribution is 2.12. The first-order valence-corrected chi connectivity index (χ1v) is 18.2. The molecule has 8 unspecified atom stereocenters. The van der Waals surface area contributed by atoms with Crippen LogP contribution in [0.2, 0.25) is 0 Å². The number of rotatable bonds is 26. The standard InChI is InChI=1S/C34H58N14O10/c1-16(49)25(36)31(57)48-26(17(2)50)32(58)46-21(6-4-14-43-34(40)41)28(54)45-22(11-12-24(35)52)30(56)44-20(5-3-13-42-33(38)39)29(55)47-23(27(37)53)15-18-7-9-19(51)10-8-18/h7-10,16-17,20-23,25-26,49-51H,3-6,11-15,36H2,1-2H3,(H2,35,52)(H2,37,53)(H,44,56)(H,45,54)(H,46,58)(H,47,55)(H,48,57)(H4,38,39,42)(H4,40,41,43). The average Bonchev–Trinajstić information content (AvgIpc) is 3.13. The molecule has 0 saturated carbocycles. The molecule has 8 atom stereocenters. The molecule has 0 aliphatic rings. The number of phenols is 1. The Morgan fingerprint density at radius 2 is 1.03 bits per heavy atom. The Hall–Kier alpha value is -6.27. The maximum absolute atomic E-state index is 13.8. The fourth-order valence-electron chi connectivity index (χ4n) is 5.14. The smallest absolute Gasteiger partial charge is 0.245 e. The van der Waals surface area contributed by atoms with E-state index < -0.39 is 96.2 Å². The van der Waals surface area contributed by atoms with Crippen molar-refractivity contribution in [1.29, 1.82) is 0 Å². The van der Waals surface area contributed by atoms with Crippen molar-refractivity contribution < 1.29 is 48.9 Å². The van der Waals surface area contributed by atoms with Crippen LogP contribution in [0.4, 0.5) is 0 Å². The highest BCUT2D eigenvalue weighted by molar-refractivity contribution is 5.97. The molecule has 0 radical (unpaired) electrons. The van der Waals surface area contributed by atoms with Crippen LogP contribution in [0, 0.1) is 0 Å². The lowest BCUT2D eigenvalue weighted by Crippen LogP contribution is -2.61. The topological polar surface area (TPSA) is 447 Å². The van der Waals surface area contributed by atoms with Crippen LogP contribution in [-0.4, -0.2) is 130 Å². The Morgan fingerprint density at radius 3 is 1.43 bits per heavy atom. The number of carbonyl (C=O) groups is 7. The van der Waals surface area contributed by atoms with Crippen LogP contribution in [0.5, 0.6) is 5.75 Å². The molecule has 0 bridgehead atoms. The number of nitrogens with one attached hydrogen (secondary N) is 5. The SMILES string of the molecule is CC(O)C(N)C(=O)NC(C(=O)NC(CCCN=C(N)N)C(=O)NC(CCC(N)=O)C(=O)NC(CCCN=C(N)N)C(=O)NC(Cc1ccc(O)cc1)C(N)=O)C(C)O. The van der Waals surface area contributed by atoms with Crippen LogP contribution in [0.1, 0.15) is 57.9 Å². The molecule has 1 aromatic rings. The zero-order chi connectivity index (χ0) is 44.1. The van der Waals surface area contributed by atoms with Gasteiger partial charge in [-0.15, -0.1) is 0 Å². The number of guanidine groups is 2. The van der Waals surface area contributed by atoms with Crippen LogP contribution in [0.25, 0.3) is 0 Å². The maximum Gasteiger partial charge on any atom is 0.245 e. The van der Waals surface area contributed by atoms with E-state index >= 15 is 0 Å². The minimum absolute atomic E-state index is 0.00304. The highest BCUT2D eigenvalue weighted by Gasteiger charge is 2.34. The molecule has 0 saturated heterocycles. The van der Waals surface area contributed by atoms with Crippen molar-refractivity contribution >= 4 is 53.3 Å². The molecule has 7 amide bonds. The van der Waals surface area contributed by atoms with Gasteiger partial charge >= 0.3 is 0 Å². The van der Waals surface area contributed by atoms with Crippen molar-refractivity contribution in [2.45, 2.75) is 107 Å². The number of hydrogen-bond acceptors (Lipinski definition) is 13. The van der Waals surface area contributed by atoms with Gasteiger partial charge in [-0.25, -0.2) is 0 Å². The van der Waals surface area contributed by atoms with E-state index in [0.717, 1.165) is 0 Å². The molecule has 24 nitrogen and oxygen atoms in total. The van der Waals surface area contributed by atoms with Crippen molar-refractivity contribution in [3.05, 3.63) is 29.8 Å². The van der Waals surface area contributed by atoms with Crippen molar-refractivity contribution in [2.75, 3.05) is 13.1 Å². The largest absolute Gasteiger partial charge is 0.508 e. The Kier molecular flexibility index (Phi) is 21.5. The van der Waals surface area contributed by atoms with Gasteiger partial charge in [0.25, 0.3) is 0 Å². The molecule has 0 aromatic heterocycles. The van der Waals surface area contributed by atoms with Crippen LogP contribution in [-0.2, 0) is 40.0 Å². The molecule has 22 N–H and O–H groups in total. The van der Waals surface area contributed by atoms with Crippen LogP contribution in [0.15, 0.2) is 34.3 Å². The molecule has 1 aromatic carbocycles. The minimum Gasteiger partial charge on any atom is -0.508 e. The lowest BCUT2D eigenvalue weighted by Gasteiger charge is -2.28. The average molecular weight is 823 g/mol. The van der Waals surface area contributed by atoms with Gasteiger partial charge < -0.3 is 82.0 Å². The van der Waals surface area contributed by atoms with E-state index in [9.17, 15) is 48.9 Å². The summed E-state index contributed by atoms with van der Waals surface area (Å²) in [6.45, 7) is 2.46. The van der Waals surface area contributed by atoms with Gasteiger partial charge in [-0.3, -0.25) is 43.5 Å². The molecule has 0 aliphatic heterocycles. The number of aliphatic hydroxyl groups excluding tert-OH is 2. The molecule has 0 spiro atoms. The van der Waals surface area contributed by atoms with Crippen molar-refractivity contribution in [3.8, 4) is 5.75 Å². The molecule has 58 heavy (non-hydrogen) atoms. The van der Waals surface area contributed by atoms with Gasteiger partial charge in [0.15, 0.2) is 11.9 Å². The molecule has 0 fully saturated rings. The number of phenolic OH excluding ortho intramolecular Hbond substituents is 1. The third-order valence-electron chi connectivity index (χ3n) is 8.39. The molecule has 0 aliphatic carbocycles. The summed E-state index contributed by atoms with van der Waals surface area (Å²) in [5, 5.41) is 41.7. The van der Waals surface area contributed by atoms with E-state index in [1.165, 1.54) is 38.1 Å². The molecule has 1 rings (SSSR count). The number of carbonyl (C=O) groups excluding carboxylic acids is 7. The summed E-state index contributed by atoms with van der Waals surface area (Å²) in [5.74, 6) is -7.09.